The van der Waals surface area contributed by atoms with Crippen LogP contribution in [0.4, 0.5) is 0 Å². The van der Waals surface area contributed by atoms with Gasteiger partial charge in [-0.25, -0.2) is 0 Å². The molecule has 0 aromatic rings. The van der Waals surface area contributed by atoms with Gasteiger partial charge in [0.05, 0.1) is 0 Å². The molecule has 0 bridgehead atoms. The standard InChI is InChI=1S/C16H31N3O/c1-15(2)9-7-13(8-10-15)19(4)11-16(3,14(17)20)18-12-5-6-12/h12-13,18H,5-11H2,1-4H3,(H2,17,20). The van der Waals surface area contributed by atoms with Gasteiger partial charge < -0.3 is 10.6 Å². The highest BCUT2D eigenvalue weighted by molar-refractivity contribution is 5.84. The minimum absolute atomic E-state index is 0.229. The molecule has 2 rings (SSSR count). The number of nitrogens with two attached hydrogens (primary N) is 1. The number of rotatable bonds is 6. The molecule has 1 amide bonds. The fraction of sp³-hybridized carbons (Fsp3) is 0.938. The zero-order valence-electron chi connectivity index (χ0n) is 13.5. The van der Waals surface area contributed by atoms with E-state index in [0.29, 0.717) is 24.0 Å². The van der Waals surface area contributed by atoms with Gasteiger partial charge >= 0.3 is 0 Å². The SMILES string of the molecule is CN(CC(C)(NC1CC1)C(N)=O)C1CCC(C)(C)CC1. The summed E-state index contributed by atoms with van der Waals surface area (Å²) in [5.74, 6) is -0.229. The van der Waals surface area contributed by atoms with Crippen LogP contribution in [-0.2, 0) is 4.79 Å². The van der Waals surface area contributed by atoms with Crippen molar-refractivity contribution in [3.8, 4) is 0 Å². The smallest absolute Gasteiger partial charge is 0.238 e. The summed E-state index contributed by atoms with van der Waals surface area (Å²) in [5.41, 5.74) is 5.53. The second-order valence-corrected chi connectivity index (χ2v) is 7.93. The lowest BCUT2D eigenvalue weighted by Gasteiger charge is -2.41. The van der Waals surface area contributed by atoms with Gasteiger partial charge in [-0.2, -0.15) is 0 Å². The third-order valence-corrected chi connectivity index (χ3v) is 5.14. The van der Waals surface area contributed by atoms with Gasteiger partial charge in [-0.05, 0) is 57.9 Å². The first kappa shape index (κ1) is 15.8. The van der Waals surface area contributed by atoms with Crippen molar-refractivity contribution in [3.05, 3.63) is 0 Å². The number of hydrogen-bond acceptors (Lipinski definition) is 3. The van der Waals surface area contributed by atoms with E-state index in [1.54, 1.807) is 0 Å². The van der Waals surface area contributed by atoms with Gasteiger partial charge in [-0.15, -0.1) is 0 Å². The summed E-state index contributed by atoms with van der Waals surface area (Å²) in [6.07, 6.45) is 7.33. The Morgan fingerprint density at radius 1 is 1.30 bits per heavy atom. The Kier molecular flexibility index (Phi) is 4.45. The molecule has 4 nitrogen and oxygen atoms in total. The van der Waals surface area contributed by atoms with Crippen molar-refractivity contribution in [3.63, 3.8) is 0 Å². The zero-order valence-corrected chi connectivity index (χ0v) is 13.5. The Hall–Kier alpha value is -0.610. The first-order chi connectivity index (χ1) is 9.22. The van der Waals surface area contributed by atoms with Gasteiger partial charge in [0.15, 0.2) is 0 Å². The number of hydrogen-bond donors (Lipinski definition) is 2. The largest absolute Gasteiger partial charge is 0.368 e. The molecule has 4 heteroatoms. The third kappa shape index (κ3) is 3.95. The van der Waals surface area contributed by atoms with E-state index in [4.69, 9.17) is 5.73 Å². The highest BCUT2D eigenvalue weighted by Gasteiger charge is 2.39. The Bertz CT molecular complexity index is 355. The molecule has 0 aromatic carbocycles. The van der Waals surface area contributed by atoms with E-state index in [9.17, 15) is 4.79 Å². The molecular formula is C16H31N3O. The lowest BCUT2D eigenvalue weighted by atomic mass is 9.75. The summed E-state index contributed by atoms with van der Waals surface area (Å²) in [5, 5.41) is 3.44. The molecule has 2 aliphatic carbocycles. The quantitative estimate of drug-likeness (QED) is 0.781. The number of nitrogens with zero attached hydrogens (tertiary/aromatic N) is 1. The molecule has 2 fully saturated rings. The minimum atomic E-state index is -0.594. The highest BCUT2D eigenvalue weighted by atomic mass is 16.1. The Morgan fingerprint density at radius 3 is 2.30 bits per heavy atom. The molecule has 0 radical (unpaired) electrons. The predicted octanol–water partition coefficient (Wildman–Crippen LogP) is 1.88. The normalized spacial score (nSPS) is 26.4. The lowest BCUT2D eigenvalue weighted by molar-refractivity contribution is -0.124. The number of carbonyl (C=O) groups is 1. The molecule has 0 aromatic heterocycles. The molecule has 0 saturated heterocycles. The van der Waals surface area contributed by atoms with Crippen LogP contribution in [0.5, 0.6) is 0 Å². The monoisotopic (exact) mass is 281 g/mol. The van der Waals surface area contributed by atoms with Crippen LogP contribution < -0.4 is 11.1 Å². The second-order valence-electron chi connectivity index (χ2n) is 7.93. The number of carbonyl (C=O) groups excluding carboxylic acids is 1. The summed E-state index contributed by atoms with van der Waals surface area (Å²) in [7, 11) is 2.14. The molecule has 116 valence electrons. The van der Waals surface area contributed by atoms with Crippen molar-refractivity contribution in [2.75, 3.05) is 13.6 Å². The maximum Gasteiger partial charge on any atom is 0.238 e. The molecule has 0 aliphatic heterocycles. The average Bonchev–Trinajstić information content (AvgIpc) is 3.12. The summed E-state index contributed by atoms with van der Waals surface area (Å²) in [6.45, 7) is 7.37. The third-order valence-electron chi connectivity index (χ3n) is 5.14. The van der Waals surface area contributed by atoms with E-state index in [2.05, 4.69) is 31.1 Å². The maximum absolute atomic E-state index is 11.8. The van der Waals surface area contributed by atoms with E-state index in [0.717, 1.165) is 0 Å². The molecule has 20 heavy (non-hydrogen) atoms. The van der Waals surface area contributed by atoms with Crippen molar-refractivity contribution in [2.45, 2.75) is 76.9 Å². The minimum Gasteiger partial charge on any atom is -0.368 e. The average molecular weight is 281 g/mol. The van der Waals surface area contributed by atoms with E-state index in [1.807, 2.05) is 6.92 Å². The molecule has 0 spiro atoms. The fourth-order valence-corrected chi connectivity index (χ4v) is 3.33. The molecule has 1 atom stereocenters. The summed E-state index contributed by atoms with van der Waals surface area (Å²) < 4.78 is 0. The van der Waals surface area contributed by atoms with Crippen LogP contribution in [0.15, 0.2) is 0 Å². The summed E-state index contributed by atoms with van der Waals surface area (Å²) >= 11 is 0. The van der Waals surface area contributed by atoms with Crippen molar-refractivity contribution < 1.29 is 4.79 Å². The van der Waals surface area contributed by atoms with E-state index < -0.39 is 5.54 Å². The van der Waals surface area contributed by atoms with Gasteiger partial charge in [0.2, 0.25) is 5.91 Å². The molecule has 0 heterocycles. The molecule has 1 unspecified atom stereocenters. The molecular weight excluding hydrogens is 250 g/mol. The van der Waals surface area contributed by atoms with Crippen molar-refractivity contribution >= 4 is 5.91 Å². The zero-order chi connectivity index (χ0) is 15.0. The lowest BCUT2D eigenvalue weighted by Crippen LogP contribution is -2.61. The van der Waals surface area contributed by atoms with Crippen LogP contribution in [0.3, 0.4) is 0 Å². The number of nitrogens with one attached hydrogen (secondary N) is 1. The molecule has 2 aliphatic rings. The van der Waals surface area contributed by atoms with Gasteiger partial charge in [-0.1, -0.05) is 13.8 Å². The first-order valence-electron chi connectivity index (χ1n) is 8.00. The molecule has 2 saturated carbocycles. The second kappa shape index (κ2) is 5.64. The van der Waals surface area contributed by atoms with Gasteiger partial charge in [0, 0.05) is 18.6 Å². The first-order valence-corrected chi connectivity index (χ1v) is 8.00. The Balaban J connectivity index is 1.91. The summed E-state index contributed by atoms with van der Waals surface area (Å²) in [4.78, 5) is 14.2. The van der Waals surface area contributed by atoms with E-state index >= 15 is 0 Å². The van der Waals surface area contributed by atoms with Crippen molar-refractivity contribution in [1.29, 1.82) is 0 Å². The van der Waals surface area contributed by atoms with Crippen molar-refractivity contribution in [2.24, 2.45) is 11.1 Å². The summed E-state index contributed by atoms with van der Waals surface area (Å²) in [6, 6.07) is 1.08. The number of amides is 1. The number of primary amides is 1. The Labute approximate surface area is 123 Å². The van der Waals surface area contributed by atoms with Crippen LogP contribution in [0, 0.1) is 5.41 Å². The topological polar surface area (TPSA) is 58.4 Å². The highest BCUT2D eigenvalue weighted by Crippen LogP contribution is 2.37. The number of likely N-dealkylation sites (N-methyl/N-ethyl adjacent to an activating group) is 1. The van der Waals surface area contributed by atoms with Crippen LogP contribution in [0.25, 0.3) is 0 Å². The van der Waals surface area contributed by atoms with Crippen molar-refractivity contribution in [1.82, 2.24) is 10.2 Å². The van der Waals surface area contributed by atoms with Gasteiger partial charge in [-0.3, -0.25) is 10.1 Å². The predicted molar refractivity (Wildman–Crippen MR) is 82.4 cm³/mol. The van der Waals surface area contributed by atoms with Gasteiger partial charge in [0.25, 0.3) is 0 Å². The van der Waals surface area contributed by atoms with E-state index in [1.165, 1.54) is 38.5 Å². The molecule has 3 N–H and O–H groups in total. The Morgan fingerprint density at radius 2 is 1.85 bits per heavy atom. The fourth-order valence-electron chi connectivity index (χ4n) is 3.33. The van der Waals surface area contributed by atoms with Crippen LogP contribution in [0.2, 0.25) is 0 Å². The van der Waals surface area contributed by atoms with E-state index in [-0.39, 0.29) is 5.91 Å². The van der Waals surface area contributed by atoms with Gasteiger partial charge in [0.1, 0.15) is 5.54 Å². The maximum atomic E-state index is 11.8. The van der Waals surface area contributed by atoms with Crippen LogP contribution in [-0.4, -0.2) is 42.0 Å². The van der Waals surface area contributed by atoms with Crippen LogP contribution in [0.1, 0.15) is 59.3 Å². The van der Waals surface area contributed by atoms with Crippen LogP contribution >= 0.6 is 0 Å².